The molecule has 1 fully saturated rings. The van der Waals surface area contributed by atoms with Crippen molar-refractivity contribution >= 4 is 0 Å². The van der Waals surface area contributed by atoms with Crippen molar-refractivity contribution in [2.45, 2.75) is 19.3 Å². The highest BCUT2D eigenvalue weighted by atomic mass is 19.3. The molecule has 2 aliphatic rings. The molecule has 0 aromatic heterocycles. The third kappa shape index (κ3) is 2.08. The predicted molar refractivity (Wildman–Crippen MR) is 47.7 cm³/mol. The second kappa shape index (κ2) is 3.74. The monoisotopic (exact) mass is 187 g/mol. The van der Waals surface area contributed by atoms with Crippen LogP contribution in [0.2, 0.25) is 0 Å². The van der Waals surface area contributed by atoms with E-state index in [4.69, 9.17) is 0 Å². The van der Waals surface area contributed by atoms with Gasteiger partial charge in [0.05, 0.1) is 6.54 Å². The first kappa shape index (κ1) is 9.13. The van der Waals surface area contributed by atoms with Crippen molar-refractivity contribution in [3.8, 4) is 0 Å². The summed E-state index contributed by atoms with van der Waals surface area (Å²) in [6.07, 6.45) is 4.75. The highest BCUT2D eigenvalue weighted by Crippen LogP contribution is 2.42. The predicted octanol–water partition coefficient (Wildman–Crippen LogP) is 2.05. The molecule has 1 nitrogen and oxygen atoms in total. The molecule has 3 heteroatoms. The molecular formula is C10H15F2N. The molecule has 0 spiro atoms. The Kier molecular flexibility index (Phi) is 2.63. The van der Waals surface area contributed by atoms with E-state index >= 15 is 0 Å². The summed E-state index contributed by atoms with van der Waals surface area (Å²) >= 11 is 0. The first-order chi connectivity index (χ1) is 6.25. The molecule has 74 valence electrons. The Balaban J connectivity index is 1.69. The van der Waals surface area contributed by atoms with E-state index in [2.05, 4.69) is 17.5 Å². The van der Waals surface area contributed by atoms with Gasteiger partial charge in [-0.3, -0.25) is 0 Å². The Hall–Kier alpha value is -0.440. The van der Waals surface area contributed by atoms with Gasteiger partial charge in [0.25, 0.3) is 6.43 Å². The van der Waals surface area contributed by atoms with Crippen LogP contribution in [-0.2, 0) is 0 Å². The Morgan fingerprint density at radius 2 is 2.15 bits per heavy atom. The SMILES string of the molecule is FC(F)CNCC1CC2C=CC1C2. The third-order valence-electron chi connectivity index (χ3n) is 3.12. The van der Waals surface area contributed by atoms with Crippen molar-refractivity contribution in [2.75, 3.05) is 13.1 Å². The Labute approximate surface area is 77.2 Å². The van der Waals surface area contributed by atoms with Gasteiger partial charge in [0, 0.05) is 0 Å². The maximum Gasteiger partial charge on any atom is 0.250 e. The van der Waals surface area contributed by atoms with E-state index in [1.54, 1.807) is 0 Å². The lowest BCUT2D eigenvalue weighted by molar-refractivity contribution is 0.143. The molecule has 3 unspecified atom stereocenters. The fraction of sp³-hybridized carbons (Fsp3) is 0.800. The van der Waals surface area contributed by atoms with Crippen LogP contribution in [0.4, 0.5) is 8.78 Å². The standard InChI is InChI=1S/C10H15F2N/c11-10(12)6-13-5-9-4-7-1-2-8(9)3-7/h1-2,7-10,13H,3-6H2. The lowest BCUT2D eigenvalue weighted by atomic mass is 9.94. The summed E-state index contributed by atoms with van der Waals surface area (Å²) in [7, 11) is 0. The van der Waals surface area contributed by atoms with Crippen molar-refractivity contribution < 1.29 is 8.78 Å². The van der Waals surface area contributed by atoms with E-state index in [0.717, 1.165) is 12.5 Å². The van der Waals surface area contributed by atoms with Crippen LogP contribution >= 0.6 is 0 Å². The minimum Gasteiger partial charge on any atom is -0.311 e. The van der Waals surface area contributed by atoms with Gasteiger partial charge in [0.2, 0.25) is 0 Å². The molecule has 13 heavy (non-hydrogen) atoms. The van der Waals surface area contributed by atoms with Gasteiger partial charge in [0.15, 0.2) is 0 Å². The average Bonchev–Trinajstić information content (AvgIpc) is 2.64. The number of nitrogens with one attached hydrogen (secondary N) is 1. The molecule has 0 radical (unpaired) electrons. The Bertz CT molecular complexity index is 203. The first-order valence-corrected chi connectivity index (χ1v) is 4.93. The summed E-state index contributed by atoms with van der Waals surface area (Å²) in [6.45, 7) is 0.605. The van der Waals surface area contributed by atoms with E-state index in [1.165, 1.54) is 12.8 Å². The van der Waals surface area contributed by atoms with Crippen LogP contribution in [0.5, 0.6) is 0 Å². The topological polar surface area (TPSA) is 12.0 Å². The highest BCUT2D eigenvalue weighted by molar-refractivity contribution is 5.10. The van der Waals surface area contributed by atoms with Crippen molar-refractivity contribution in [2.24, 2.45) is 17.8 Å². The van der Waals surface area contributed by atoms with Crippen LogP contribution in [0, 0.1) is 17.8 Å². The number of hydrogen-bond donors (Lipinski definition) is 1. The fourth-order valence-corrected chi connectivity index (χ4v) is 2.51. The van der Waals surface area contributed by atoms with Crippen LogP contribution < -0.4 is 5.32 Å². The molecule has 2 aliphatic carbocycles. The maximum atomic E-state index is 11.8. The molecule has 3 atom stereocenters. The van der Waals surface area contributed by atoms with E-state index in [1.807, 2.05) is 0 Å². The second-order valence-corrected chi connectivity index (χ2v) is 4.09. The minimum absolute atomic E-state index is 0.155. The number of halogens is 2. The van der Waals surface area contributed by atoms with Crippen molar-refractivity contribution in [3.05, 3.63) is 12.2 Å². The van der Waals surface area contributed by atoms with E-state index in [0.29, 0.717) is 11.8 Å². The zero-order valence-corrected chi connectivity index (χ0v) is 7.55. The number of fused-ring (bicyclic) bond motifs is 2. The molecule has 0 aliphatic heterocycles. The maximum absolute atomic E-state index is 11.8. The molecule has 0 heterocycles. The molecular weight excluding hydrogens is 172 g/mol. The average molecular weight is 187 g/mol. The van der Waals surface area contributed by atoms with E-state index in [9.17, 15) is 8.78 Å². The zero-order valence-electron chi connectivity index (χ0n) is 7.55. The normalized spacial score (nSPS) is 36.4. The Morgan fingerprint density at radius 1 is 1.31 bits per heavy atom. The molecule has 0 aromatic rings. The Morgan fingerprint density at radius 3 is 2.69 bits per heavy atom. The van der Waals surface area contributed by atoms with Gasteiger partial charge in [-0.15, -0.1) is 0 Å². The second-order valence-electron chi connectivity index (χ2n) is 4.09. The van der Waals surface area contributed by atoms with Gasteiger partial charge in [-0.2, -0.15) is 0 Å². The lowest BCUT2D eigenvalue weighted by Crippen LogP contribution is -2.29. The molecule has 0 amide bonds. The largest absolute Gasteiger partial charge is 0.311 e. The molecule has 1 saturated carbocycles. The van der Waals surface area contributed by atoms with Crippen molar-refractivity contribution in [1.29, 1.82) is 0 Å². The van der Waals surface area contributed by atoms with E-state index in [-0.39, 0.29) is 6.54 Å². The minimum atomic E-state index is -2.21. The number of hydrogen-bond acceptors (Lipinski definition) is 1. The lowest BCUT2D eigenvalue weighted by Gasteiger charge is -2.18. The van der Waals surface area contributed by atoms with Crippen LogP contribution in [0.15, 0.2) is 12.2 Å². The van der Waals surface area contributed by atoms with Gasteiger partial charge < -0.3 is 5.32 Å². The molecule has 0 saturated heterocycles. The summed E-state index contributed by atoms with van der Waals surface area (Å²) in [4.78, 5) is 0. The zero-order chi connectivity index (χ0) is 9.26. The van der Waals surface area contributed by atoms with Crippen molar-refractivity contribution in [1.82, 2.24) is 5.32 Å². The van der Waals surface area contributed by atoms with Crippen molar-refractivity contribution in [3.63, 3.8) is 0 Å². The van der Waals surface area contributed by atoms with Gasteiger partial charge in [-0.1, -0.05) is 12.2 Å². The fourth-order valence-electron chi connectivity index (χ4n) is 2.51. The summed E-state index contributed by atoms with van der Waals surface area (Å²) in [6, 6.07) is 0. The van der Waals surface area contributed by atoms with Gasteiger partial charge in [0.1, 0.15) is 0 Å². The molecule has 0 aromatic carbocycles. The van der Waals surface area contributed by atoms with Gasteiger partial charge >= 0.3 is 0 Å². The van der Waals surface area contributed by atoms with Crippen LogP contribution in [0.25, 0.3) is 0 Å². The summed E-state index contributed by atoms with van der Waals surface area (Å²) in [5.74, 6) is 2.01. The van der Waals surface area contributed by atoms with Gasteiger partial charge in [-0.25, -0.2) is 8.78 Å². The summed E-state index contributed by atoms with van der Waals surface area (Å²) in [5, 5.41) is 2.83. The molecule has 2 bridgehead atoms. The van der Waals surface area contributed by atoms with Crippen LogP contribution in [-0.4, -0.2) is 19.5 Å². The van der Waals surface area contributed by atoms with Gasteiger partial charge in [-0.05, 0) is 37.1 Å². The number of alkyl halides is 2. The van der Waals surface area contributed by atoms with Crippen LogP contribution in [0.1, 0.15) is 12.8 Å². The number of rotatable bonds is 4. The quantitative estimate of drug-likeness (QED) is 0.664. The third-order valence-corrected chi connectivity index (χ3v) is 3.12. The first-order valence-electron chi connectivity index (χ1n) is 4.93. The highest BCUT2D eigenvalue weighted by Gasteiger charge is 2.34. The van der Waals surface area contributed by atoms with E-state index < -0.39 is 6.43 Å². The molecule has 1 N–H and O–H groups in total. The number of allylic oxidation sites excluding steroid dienone is 2. The summed E-state index contributed by atoms with van der Waals surface area (Å²) < 4.78 is 23.6. The van der Waals surface area contributed by atoms with Crippen LogP contribution in [0.3, 0.4) is 0 Å². The molecule has 2 rings (SSSR count). The summed E-state index contributed by atoms with van der Waals surface area (Å²) in [5.41, 5.74) is 0. The smallest absolute Gasteiger partial charge is 0.250 e.